The van der Waals surface area contributed by atoms with Gasteiger partial charge >= 0.3 is 0 Å². The van der Waals surface area contributed by atoms with Crippen molar-refractivity contribution in [3.05, 3.63) is 11.1 Å². The van der Waals surface area contributed by atoms with Gasteiger partial charge in [-0.15, -0.1) is 0 Å². The molecule has 0 aromatic rings. The fourth-order valence-electron chi connectivity index (χ4n) is 7.70. The number of hydrogen-bond acceptors (Lipinski definition) is 3. The molecule has 4 fully saturated rings. The monoisotopic (exact) mass is 429 g/mol. The first-order valence-corrected chi connectivity index (χ1v) is 14.0. The summed E-state index contributed by atoms with van der Waals surface area (Å²) in [4.78, 5) is 2.58. The maximum absolute atomic E-state index is 7.04. The molecule has 0 bridgehead atoms. The van der Waals surface area contributed by atoms with Gasteiger partial charge in [0.05, 0.1) is 24.9 Å². The van der Waals surface area contributed by atoms with Crippen molar-refractivity contribution in [1.29, 1.82) is 0 Å². The van der Waals surface area contributed by atoms with Gasteiger partial charge in [-0.05, 0) is 102 Å². The molecule has 0 aromatic heterocycles. The summed E-state index contributed by atoms with van der Waals surface area (Å²) in [5, 5.41) is 0. The zero-order valence-corrected chi connectivity index (χ0v) is 20.2. The summed E-state index contributed by atoms with van der Waals surface area (Å²) in [5.41, 5.74) is 3.57. The number of rotatable bonds is 6. The van der Waals surface area contributed by atoms with E-state index in [-0.39, 0.29) is 0 Å². The van der Waals surface area contributed by atoms with Crippen molar-refractivity contribution in [2.24, 2.45) is 17.8 Å². The first kappa shape index (κ1) is 22.4. The zero-order valence-electron chi connectivity index (χ0n) is 20.2. The minimum Gasteiger partial charge on any atom is -0.377 e. The summed E-state index contributed by atoms with van der Waals surface area (Å²) in [6.45, 7) is 7.16. The van der Waals surface area contributed by atoms with Crippen LogP contribution in [0, 0.1) is 17.8 Å². The van der Waals surface area contributed by atoms with Crippen molar-refractivity contribution >= 4 is 0 Å². The van der Waals surface area contributed by atoms with Crippen molar-refractivity contribution < 1.29 is 9.47 Å². The first-order chi connectivity index (χ1) is 15.3. The lowest BCUT2D eigenvalue weighted by atomic mass is 9.68. The Kier molecular flexibility index (Phi) is 7.74. The molecule has 3 heteroatoms. The number of nitrogens with zero attached hydrogens (tertiary/aromatic N) is 1. The Balaban J connectivity index is 1.21. The van der Waals surface area contributed by atoms with E-state index >= 15 is 0 Å². The molecular weight excluding hydrogens is 382 g/mol. The zero-order chi connectivity index (χ0) is 21.0. The van der Waals surface area contributed by atoms with Gasteiger partial charge in [-0.3, -0.25) is 0 Å². The maximum atomic E-state index is 7.04. The maximum Gasteiger partial charge on any atom is 0.0822 e. The minimum atomic E-state index is 0.424. The Morgan fingerprint density at radius 2 is 1.52 bits per heavy atom. The molecule has 5 rings (SSSR count). The summed E-state index contributed by atoms with van der Waals surface area (Å²) in [7, 11) is 0. The van der Waals surface area contributed by atoms with Crippen molar-refractivity contribution in [1.82, 2.24) is 4.90 Å². The van der Waals surface area contributed by atoms with E-state index in [0.717, 1.165) is 30.9 Å². The average molecular weight is 430 g/mol. The van der Waals surface area contributed by atoms with Crippen LogP contribution >= 0.6 is 0 Å². The van der Waals surface area contributed by atoms with Gasteiger partial charge in [0, 0.05) is 12.5 Å². The molecule has 0 aromatic carbocycles. The second kappa shape index (κ2) is 10.7. The Labute approximate surface area is 191 Å². The van der Waals surface area contributed by atoms with Gasteiger partial charge in [0.15, 0.2) is 0 Å². The summed E-state index contributed by atoms with van der Waals surface area (Å²) in [6, 6.07) is 0. The van der Waals surface area contributed by atoms with Crippen LogP contribution in [0.15, 0.2) is 11.1 Å². The number of fused-ring (bicyclic) bond motifs is 1. The van der Waals surface area contributed by atoms with Crippen molar-refractivity contribution in [3.63, 3.8) is 0 Å². The van der Waals surface area contributed by atoms with Crippen LogP contribution in [0.3, 0.4) is 0 Å². The highest BCUT2D eigenvalue weighted by Crippen LogP contribution is 2.48. The molecule has 3 nitrogen and oxygen atoms in total. The van der Waals surface area contributed by atoms with E-state index in [1.807, 2.05) is 0 Å². The predicted octanol–water partition coefficient (Wildman–Crippen LogP) is 6.51. The van der Waals surface area contributed by atoms with Crippen LogP contribution < -0.4 is 0 Å². The second-order valence-electron chi connectivity index (χ2n) is 11.4. The molecule has 2 heterocycles. The van der Waals surface area contributed by atoms with Gasteiger partial charge in [-0.1, -0.05) is 37.7 Å². The van der Waals surface area contributed by atoms with Crippen molar-refractivity contribution in [2.45, 2.75) is 122 Å². The molecule has 5 aliphatic rings. The van der Waals surface area contributed by atoms with Gasteiger partial charge in [-0.2, -0.15) is 0 Å². The summed E-state index contributed by atoms with van der Waals surface area (Å²) < 4.78 is 13.4. The van der Waals surface area contributed by atoms with Crippen LogP contribution in [0.5, 0.6) is 0 Å². The van der Waals surface area contributed by atoms with E-state index < -0.39 is 0 Å². The highest BCUT2D eigenvalue weighted by molar-refractivity contribution is 5.28. The highest BCUT2D eigenvalue weighted by atomic mass is 16.5. The van der Waals surface area contributed by atoms with Crippen LogP contribution in [0.25, 0.3) is 0 Å². The van der Waals surface area contributed by atoms with Crippen LogP contribution in [0.4, 0.5) is 0 Å². The van der Waals surface area contributed by atoms with E-state index in [1.165, 1.54) is 109 Å². The standard InChI is InChI=1S/C28H47NO2/c1-21-25-11-5-6-12-26(25)31-28(27(21)22-9-3-2-4-10-22)23-13-15-24(16-14-23)30-20-19-29-17-7-8-18-29/h22-26,28H,2-20H2,1H3/t23?,24?,25?,26?,28-/m0/s1. The Morgan fingerprint density at radius 1 is 0.806 bits per heavy atom. The molecule has 0 spiro atoms. The molecule has 3 atom stereocenters. The van der Waals surface area contributed by atoms with E-state index in [9.17, 15) is 0 Å². The molecule has 176 valence electrons. The smallest absolute Gasteiger partial charge is 0.0822 e. The lowest BCUT2D eigenvalue weighted by molar-refractivity contribution is -0.0920. The highest BCUT2D eigenvalue weighted by Gasteiger charge is 2.43. The summed E-state index contributed by atoms with van der Waals surface area (Å²) >= 11 is 0. The normalized spacial score (nSPS) is 38.4. The molecule has 3 saturated carbocycles. The lowest BCUT2D eigenvalue weighted by Crippen LogP contribution is -2.45. The van der Waals surface area contributed by atoms with E-state index in [4.69, 9.17) is 9.47 Å². The molecule has 2 unspecified atom stereocenters. The number of ether oxygens (including phenoxy) is 2. The molecule has 0 radical (unpaired) electrons. The fraction of sp³-hybridized carbons (Fsp3) is 0.929. The second-order valence-corrected chi connectivity index (χ2v) is 11.4. The average Bonchev–Trinajstić information content (AvgIpc) is 3.34. The van der Waals surface area contributed by atoms with Gasteiger partial charge in [0.25, 0.3) is 0 Å². The third-order valence-electron chi connectivity index (χ3n) is 9.49. The molecule has 2 aliphatic heterocycles. The molecule has 31 heavy (non-hydrogen) atoms. The summed E-state index contributed by atoms with van der Waals surface area (Å²) in [6.07, 6.45) is 21.9. The number of hydrogen-bond donors (Lipinski definition) is 0. The Hall–Kier alpha value is -0.380. The van der Waals surface area contributed by atoms with E-state index in [1.54, 1.807) is 11.1 Å². The summed E-state index contributed by atoms with van der Waals surface area (Å²) in [5.74, 6) is 2.27. The van der Waals surface area contributed by atoms with E-state index in [2.05, 4.69) is 11.8 Å². The first-order valence-electron chi connectivity index (χ1n) is 14.0. The predicted molar refractivity (Wildman–Crippen MR) is 127 cm³/mol. The topological polar surface area (TPSA) is 21.7 Å². The molecule has 0 N–H and O–H groups in total. The van der Waals surface area contributed by atoms with Crippen LogP contribution in [-0.4, -0.2) is 49.5 Å². The molecule has 0 amide bonds. The third kappa shape index (κ3) is 5.25. The Bertz CT molecular complexity index is 596. The van der Waals surface area contributed by atoms with Gasteiger partial charge in [-0.25, -0.2) is 0 Å². The van der Waals surface area contributed by atoms with E-state index in [0.29, 0.717) is 18.3 Å². The minimum absolute atomic E-state index is 0.424. The SMILES string of the molecule is CC1=C(C2CCCCC2)[C@H](C2CCC(OCCN3CCCC3)CC2)OC2CCCCC12. The molecule has 1 saturated heterocycles. The van der Waals surface area contributed by atoms with Gasteiger partial charge in [0.2, 0.25) is 0 Å². The number of likely N-dealkylation sites (tertiary alicyclic amines) is 1. The third-order valence-corrected chi connectivity index (χ3v) is 9.49. The lowest BCUT2D eigenvalue weighted by Gasteiger charge is -2.48. The van der Waals surface area contributed by atoms with Gasteiger partial charge < -0.3 is 14.4 Å². The van der Waals surface area contributed by atoms with Crippen molar-refractivity contribution in [3.8, 4) is 0 Å². The largest absolute Gasteiger partial charge is 0.377 e. The molecule has 3 aliphatic carbocycles. The Morgan fingerprint density at radius 3 is 2.29 bits per heavy atom. The quantitative estimate of drug-likeness (QED) is 0.449. The fourth-order valence-corrected chi connectivity index (χ4v) is 7.70. The molecular formula is C28H47NO2. The van der Waals surface area contributed by atoms with Gasteiger partial charge in [0.1, 0.15) is 0 Å². The van der Waals surface area contributed by atoms with Crippen LogP contribution in [0.2, 0.25) is 0 Å². The van der Waals surface area contributed by atoms with Crippen LogP contribution in [-0.2, 0) is 9.47 Å². The van der Waals surface area contributed by atoms with Crippen LogP contribution in [0.1, 0.15) is 103 Å². The van der Waals surface area contributed by atoms with Crippen molar-refractivity contribution in [2.75, 3.05) is 26.2 Å².